The van der Waals surface area contributed by atoms with Gasteiger partial charge in [0.1, 0.15) is 16.8 Å². The number of nitrogens with one attached hydrogen (secondary N) is 1. The lowest BCUT2D eigenvalue weighted by molar-refractivity contribution is -0.113. The number of anilines is 1. The molecule has 0 unspecified atom stereocenters. The van der Waals surface area contributed by atoms with Crippen molar-refractivity contribution in [2.24, 2.45) is 0 Å². The maximum absolute atomic E-state index is 12.6. The fourth-order valence-corrected chi connectivity index (χ4v) is 4.41. The summed E-state index contributed by atoms with van der Waals surface area (Å²) in [5.74, 6) is 0.683. The zero-order valence-electron chi connectivity index (χ0n) is 19.0. The number of hydrogen-bond acceptors (Lipinski definition) is 5. The van der Waals surface area contributed by atoms with Gasteiger partial charge in [-0.3, -0.25) is 4.79 Å². The van der Waals surface area contributed by atoms with E-state index in [0.29, 0.717) is 33.6 Å². The van der Waals surface area contributed by atoms with E-state index in [2.05, 4.69) is 11.4 Å². The van der Waals surface area contributed by atoms with Gasteiger partial charge in [0.05, 0.1) is 23.6 Å². The van der Waals surface area contributed by atoms with Crippen LogP contribution < -0.4 is 10.1 Å². The van der Waals surface area contributed by atoms with Crippen LogP contribution in [0.2, 0.25) is 5.02 Å². The zero-order valence-corrected chi connectivity index (χ0v) is 20.6. The quantitative estimate of drug-likeness (QED) is 0.262. The van der Waals surface area contributed by atoms with Crippen LogP contribution in [0.15, 0.2) is 90.0 Å². The number of hydrogen-bond donors (Lipinski definition) is 1. The first-order valence-corrected chi connectivity index (χ1v) is 12.4. The average Bonchev–Trinajstić information content (AvgIpc) is 2.89. The number of benzene rings is 3. The topological polar surface area (TPSA) is 75.0 Å². The van der Waals surface area contributed by atoms with E-state index in [1.807, 2.05) is 67.6 Å². The summed E-state index contributed by atoms with van der Waals surface area (Å²) in [6.45, 7) is 2.53. The van der Waals surface area contributed by atoms with Crippen molar-refractivity contribution in [1.82, 2.24) is 4.98 Å². The van der Waals surface area contributed by atoms with Crippen LogP contribution in [0.3, 0.4) is 0 Å². The highest BCUT2D eigenvalue weighted by Crippen LogP contribution is 2.34. The molecule has 5 nitrogen and oxygen atoms in total. The maximum Gasteiger partial charge on any atom is 0.234 e. The highest BCUT2D eigenvalue weighted by molar-refractivity contribution is 8.00. The van der Waals surface area contributed by atoms with Gasteiger partial charge in [0, 0.05) is 21.8 Å². The molecular formula is C28H22ClN3O2S. The predicted octanol–water partition coefficient (Wildman–Crippen LogP) is 7.07. The second kappa shape index (κ2) is 11.6. The van der Waals surface area contributed by atoms with Gasteiger partial charge in [-0.2, -0.15) is 5.26 Å². The Balaban J connectivity index is 1.66. The number of pyridine rings is 1. The minimum absolute atomic E-state index is 0.102. The van der Waals surface area contributed by atoms with Gasteiger partial charge < -0.3 is 10.1 Å². The molecule has 1 amide bonds. The molecule has 0 saturated heterocycles. The van der Waals surface area contributed by atoms with Gasteiger partial charge in [0.15, 0.2) is 0 Å². The van der Waals surface area contributed by atoms with Crippen LogP contribution in [0.4, 0.5) is 5.69 Å². The molecule has 0 aliphatic rings. The molecule has 4 aromatic rings. The first-order chi connectivity index (χ1) is 17.1. The van der Waals surface area contributed by atoms with Gasteiger partial charge in [-0.15, -0.1) is 0 Å². The molecule has 0 saturated carbocycles. The van der Waals surface area contributed by atoms with Crippen molar-refractivity contribution in [2.75, 3.05) is 17.7 Å². The van der Waals surface area contributed by atoms with Gasteiger partial charge in [0.2, 0.25) is 5.91 Å². The maximum atomic E-state index is 12.6. The van der Waals surface area contributed by atoms with Gasteiger partial charge in [-0.25, -0.2) is 4.98 Å². The Morgan fingerprint density at radius 2 is 1.74 bits per heavy atom. The van der Waals surface area contributed by atoms with Crippen molar-refractivity contribution in [2.45, 2.75) is 11.9 Å². The number of halogens is 1. The molecule has 0 radical (unpaired) electrons. The fourth-order valence-electron chi connectivity index (χ4n) is 3.48. The molecule has 7 heteroatoms. The third kappa shape index (κ3) is 6.21. The normalized spacial score (nSPS) is 10.4. The highest BCUT2D eigenvalue weighted by Gasteiger charge is 2.17. The first-order valence-electron chi connectivity index (χ1n) is 11.0. The smallest absolute Gasteiger partial charge is 0.234 e. The molecule has 35 heavy (non-hydrogen) atoms. The van der Waals surface area contributed by atoms with Crippen LogP contribution in [0.1, 0.15) is 12.5 Å². The molecule has 4 rings (SSSR count). The second-order valence-corrected chi connectivity index (χ2v) is 8.91. The molecular weight excluding hydrogens is 478 g/mol. The number of amides is 1. The Morgan fingerprint density at radius 3 is 2.40 bits per heavy atom. The average molecular weight is 500 g/mol. The van der Waals surface area contributed by atoms with E-state index >= 15 is 0 Å². The predicted molar refractivity (Wildman–Crippen MR) is 142 cm³/mol. The van der Waals surface area contributed by atoms with Gasteiger partial charge in [-0.05, 0) is 67.1 Å². The van der Waals surface area contributed by atoms with Crippen molar-refractivity contribution in [3.8, 4) is 34.2 Å². The second-order valence-electron chi connectivity index (χ2n) is 7.51. The molecule has 1 N–H and O–H groups in total. The molecule has 0 fully saturated rings. The summed E-state index contributed by atoms with van der Waals surface area (Å²) in [6.07, 6.45) is 0. The number of aromatic nitrogens is 1. The summed E-state index contributed by atoms with van der Waals surface area (Å²) < 4.78 is 5.55. The van der Waals surface area contributed by atoms with Crippen LogP contribution in [-0.2, 0) is 4.79 Å². The number of carbonyl (C=O) groups excluding carboxylic acids is 1. The number of ether oxygens (including phenoxy) is 1. The molecule has 0 atom stereocenters. The molecule has 1 aromatic heterocycles. The number of thioether (sulfide) groups is 1. The summed E-state index contributed by atoms with van der Waals surface area (Å²) in [4.78, 5) is 17.4. The summed E-state index contributed by atoms with van der Waals surface area (Å²) in [6, 6.07) is 28.5. The molecule has 174 valence electrons. The molecule has 1 heterocycles. The lowest BCUT2D eigenvalue weighted by Crippen LogP contribution is -2.14. The van der Waals surface area contributed by atoms with Crippen LogP contribution in [-0.4, -0.2) is 23.3 Å². The van der Waals surface area contributed by atoms with Gasteiger partial charge >= 0.3 is 0 Å². The van der Waals surface area contributed by atoms with E-state index in [1.165, 1.54) is 11.8 Å². The third-order valence-electron chi connectivity index (χ3n) is 5.11. The Kier molecular flexibility index (Phi) is 8.04. The van der Waals surface area contributed by atoms with Crippen LogP contribution in [0.5, 0.6) is 5.75 Å². The van der Waals surface area contributed by atoms with E-state index in [9.17, 15) is 10.1 Å². The van der Waals surface area contributed by atoms with E-state index in [4.69, 9.17) is 21.3 Å². The van der Waals surface area contributed by atoms with Crippen LogP contribution in [0.25, 0.3) is 22.4 Å². The van der Waals surface area contributed by atoms with Gasteiger partial charge in [-0.1, -0.05) is 53.7 Å². The Labute approximate surface area is 213 Å². The lowest BCUT2D eigenvalue weighted by Gasteiger charge is -2.13. The van der Waals surface area contributed by atoms with Crippen molar-refractivity contribution in [1.29, 1.82) is 5.26 Å². The monoisotopic (exact) mass is 499 g/mol. The summed E-state index contributed by atoms with van der Waals surface area (Å²) in [5.41, 5.74) is 4.38. The molecule has 3 aromatic carbocycles. The lowest BCUT2D eigenvalue weighted by atomic mass is 9.99. The minimum atomic E-state index is -0.198. The van der Waals surface area contributed by atoms with E-state index < -0.39 is 0 Å². The van der Waals surface area contributed by atoms with Crippen molar-refractivity contribution < 1.29 is 9.53 Å². The van der Waals surface area contributed by atoms with E-state index in [0.717, 1.165) is 22.4 Å². The van der Waals surface area contributed by atoms with Crippen molar-refractivity contribution in [3.05, 3.63) is 95.5 Å². The Morgan fingerprint density at radius 1 is 1.03 bits per heavy atom. The van der Waals surface area contributed by atoms with Crippen molar-refractivity contribution in [3.63, 3.8) is 0 Å². The zero-order chi connectivity index (χ0) is 24.6. The Hall–Kier alpha value is -3.79. The number of nitriles is 1. The Bertz CT molecular complexity index is 1350. The molecule has 0 aliphatic heterocycles. The SMILES string of the molecule is CCOc1ccc(-c2cc(-c3ccccc3)c(C#N)c(SCC(=O)Nc3ccc(Cl)cc3)n2)cc1. The number of carbonyl (C=O) groups is 1. The molecule has 0 spiro atoms. The minimum Gasteiger partial charge on any atom is -0.494 e. The largest absolute Gasteiger partial charge is 0.494 e. The first kappa shape index (κ1) is 24.3. The van der Waals surface area contributed by atoms with Gasteiger partial charge in [0.25, 0.3) is 0 Å². The number of nitrogens with zero attached hydrogens (tertiary/aromatic N) is 2. The molecule has 0 aliphatic carbocycles. The van der Waals surface area contributed by atoms with E-state index in [-0.39, 0.29) is 11.7 Å². The molecule has 0 bridgehead atoms. The van der Waals surface area contributed by atoms with Crippen LogP contribution >= 0.6 is 23.4 Å². The van der Waals surface area contributed by atoms with Crippen LogP contribution in [0, 0.1) is 11.3 Å². The number of rotatable bonds is 8. The standard InChI is InChI=1S/C28H22ClN3O2S/c1-2-34-23-14-8-20(9-15-23)26-16-24(19-6-4-3-5-7-19)25(17-30)28(32-26)35-18-27(33)31-22-12-10-21(29)11-13-22/h3-16H,2,18H2,1H3,(H,31,33). The van der Waals surface area contributed by atoms with Crippen molar-refractivity contribution >= 4 is 35.0 Å². The third-order valence-corrected chi connectivity index (χ3v) is 6.34. The summed E-state index contributed by atoms with van der Waals surface area (Å²) in [7, 11) is 0. The summed E-state index contributed by atoms with van der Waals surface area (Å²) in [5, 5.41) is 14.0. The fraction of sp³-hybridized carbons (Fsp3) is 0.107. The summed E-state index contributed by atoms with van der Waals surface area (Å²) >= 11 is 7.15. The van der Waals surface area contributed by atoms with E-state index in [1.54, 1.807) is 24.3 Å². The highest BCUT2D eigenvalue weighted by atomic mass is 35.5.